The van der Waals surface area contributed by atoms with Gasteiger partial charge in [0.25, 0.3) is 11.8 Å². The molecule has 28 heavy (non-hydrogen) atoms. The van der Waals surface area contributed by atoms with Gasteiger partial charge in [0, 0.05) is 22.8 Å². The van der Waals surface area contributed by atoms with E-state index < -0.39 is 0 Å². The molecule has 3 aromatic carbocycles. The van der Waals surface area contributed by atoms with Crippen LogP contribution in [-0.2, 0) is 11.3 Å². The Kier molecular flexibility index (Phi) is 6.65. The highest BCUT2D eigenvalue weighted by Crippen LogP contribution is 2.15. The van der Waals surface area contributed by atoms with Gasteiger partial charge in [-0.2, -0.15) is 0 Å². The maximum atomic E-state index is 12.2. The third-order valence-electron chi connectivity index (χ3n) is 3.91. The van der Waals surface area contributed by atoms with Crippen LogP contribution in [0.15, 0.2) is 78.9 Å². The highest BCUT2D eigenvalue weighted by Gasteiger charge is 2.07. The number of anilines is 1. The number of carbonyl (C=O) groups is 2. The molecule has 0 bridgehead atoms. The highest BCUT2D eigenvalue weighted by atomic mass is 35.5. The molecule has 3 aromatic rings. The lowest BCUT2D eigenvalue weighted by molar-refractivity contribution is -0.118. The van der Waals surface area contributed by atoms with Crippen LogP contribution in [0.3, 0.4) is 0 Å². The van der Waals surface area contributed by atoms with Crippen LogP contribution in [0.2, 0.25) is 5.02 Å². The maximum absolute atomic E-state index is 12.2. The Morgan fingerprint density at radius 1 is 0.857 bits per heavy atom. The van der Waals surface area contributed by atoms with Crippen molar-refractivity contribution in [1.82, 2.24) is 5.32 Å². The van der Waals surface area contributed by atoms with Crippen molar-refractivity contribution in [2.24, 2.45) is 0 Å². The van der Waals surface area contributed by atoms with Crippen molar-refractivity contribution in [1.29, 1.82) is 0 Å². The summed E-state index contributed by atoms with van der Waals surface area (Å²) in [6.45, 7) is 0.324. The Bertz CT molecular complexity index is 926. The second kappa shape index (κ2) is 9.58. The summed E-state index contributed by atoms with van der Waals surface area (Å²) < 4.78 is 5.46. The molecule has 2 N–H and O–H groups in total. The van der Waals surface area contributed by atoms with Gasteiger partial charge in [0.15, 0.2) is 6.61 Å². The summed E-state index contributed by atoms with van der Waals surface area (Å²) in [6, 6.07) is 23.1. The molecule has 0 saturated heterocycles. The smallest absolute Gasteiger partial charge is 0.262 e. The molecule has 0 aliphatic rings. The van der Waals surface area contributed by atoms with Gasteiger partial charge >= 0.3 is 0 Å². The van der Waals surface area contributed by atoms with Gasteiger partial charge < -0.3 is 15.4 Å². The predicted octanol–water partition coefficient (Wildman–Crippen LogP) is 4.29. The number of amides is 2. The molecule has 0 aromatic heterocycles. The van der Waals surface area contributed by atoms with E-state index >= 15 is 0 Å². The topological polar surface area (TPSA) is 67.4 Å². The van der Waals surface area contributed by atoms with E-state index in [1.165, 1.54) is 0 Å². The zero-order chi connectivity index (χ0) is 19.8. The quantitative estimate of drug-likeness (QED) is 0.628. The average Bonchev–Trinajstić information content (AvgIpc) is 2.73. The number of carbonyl (C=O) groups excluding carboxylic acids is 2. The lowest BCUT2D eigenvalue weighted by Gasteiger charge is -2.09. The van der Waals surface area contributed by atoms with E-state index in [0.29, 0.717) is 28.6 Å². The van der Waals surface area contributed by atoms with Crippen LogP contribution in [0.5, 0.6) is 5.75 Å². The second-order valence-corrected chi connectivity index (χ2v) is 6.47. The van der Waals surface area contributed by atoms with Gasteiger partial charge in [-0.1, -0.05) is 41.9 Å². The van der Waals surface area contributed by atoms with Crippen LogP contribution < -0.4 is 15.4 Å². The van der Waals surface area contributed by atoms with Crippen LogP contribution >= 0.6 is 11.6 Å². The fourth-order valence-corrected chi connectivity index (χ4v) is 2.59. The molecule has 2 amide bonds. The first-order chi connectivity index (χ1) is 13.6. The monoisotopic (exact) mass is 394 g/mol. The van der Waals surface area contributed by atoms with E-state index in [1.54, 1.807) is 48.5 Å². The predicted molar refractivity (Wildman–Crippen MR) is 110 cm³/mol. The molecule has 0 fully saturated rings. The van der Waals surface area contributed by atoms with Crippen molar-refractivity contribution in [2.45, 2.75) is 6.54 Å². The minimum Gasteiger partial charge on any atom is -0.484 e. The van der Waals surface area contributed by atoms with Gasteiger partial charge in [-0.05, 0) is 54.1 Å². The van der Waals surface area contributed by atoms with E-state index in [9.17, 15) is 9.59 Å². The van der Waals surface area contributed by atoms with Crippen LogP contribution in [0, 0.1) is 0 Å². The minimum atomic E-state index is -0.285. The van der Waals surface area contributed by atoms with Gasteiger partial charge in [0.05, 0.1) is 0 Å². The number of ether oxygens (including phenoxy) is 1. The van der Waals surface area contributed by atoms with E-state index in [2.05, 4.69) is 10.6 Å². The summed E-state index contributed by atoms with van der Waals surface area (Å²) in [6.07, 6.45) is 0. The molecular formula is C22H19ClN2O3. The van der Waals surface area contributed by atoms with E-state index in [0.717, 1.165) is 5.56 Å². The van der Waals surface area contributed by atoms with Crippen LogP contribution in [0.25, 0.3) is 0 Å². The van der Waals surface area contributed by atoms with Crippen LogP contribution in [0.1, 0.15) is 15.9 Å². The molecular weight excluding hydrogens is 376 g/mol. The van der Waals surface area contributed by atoms with Crippen molar-refractivity contribution in [3.8, 4) is 5.75 Å². The fourth-order valence-electron chi connectivity index (χ4n) is 2.46. The number of rotatable bonds is 7. The Morgan fingerprint density at radius 2 is 1.54 bits per heavy atom. The molecule has 0 spiro atoms. The zero-order valence-electron chi connectivity index (χ0n) is 15.0. The van der Waals surface area contributed by atoms with E-state index in [4.69, 9.17) is 16.3 Å². The Labute approximate surface area is 168 Å². The van der Waals surface area contributed by atoms with Gasteiger partial charge in [0.2, 0.25) is 0 Å². The molecule has 0 heterocycles. The maximum Gasteiger partial charge on any atom is 0.262 e. The first-order valence-corrected chi connectivity index (χ1v) is 9.08. The molecule has 142 valence electrons. The SMILES string of the molecule is O=C(COc1ccc(C(=O)NCc2ccccc2)cc1)Nc1ccc(Cl)cc1. The number of hydrogen-bond acceptors (Lipinski definition) is 3. The van der Waals surface area contributed by atoms with Crippen LogP contribution in [-0.4, -0.2) is 18.4 Å². The standard InChI is InChI=1S/C22H19ClN2O3/c23-18-8-10-19(11-9-18)25-21(26)15-28-20-12-6-17(7-13-20)22(27)24-14-16-4-2-1-3-5-16/h1-13H,14-15H2,(H,24,27)(H,25,26). The summed E-state index contributed by atoms with van der Waals surface area (Å²) in [5.41, 5.74) is 2.19. The van der Waals surface area contributed by atoms with Gasteiger partial charge in [-0.3, -0.25) is 9.59 Å². The third-order valence-corrected chi connectivity index (χ3v) is 4.16. The van der Waals surface area contributed by atoms with Crippen molar-refractivity contribution in [3.63, 3.8) is 0 Å². The lowest BCUT2D eigenvalue weighted by atomic mass is 10.2. The third kappa shape index (κ3) is 5.86. The molecule has 0 aliphatic carbocycles. The normalized spacial score (nSPS) is 10.2. The molecule has 0 saturated carbocycles. The molecule has 5 nitrogen and oxygen atoms in total. The summed E-state index contributed by atoms with van der Waals surface area (Å²) in [4.78, 5) is 24.1. The van der Waals surface area contributed by atoms with E-state index in [1.807, 2.05) is 30.3 Å². The highest BCUT2D eigenvalue weighted by molar-refractivity contribution is 6.30. The van der Waals surface area contributed by atoms with Crippen molar-refractivity contribution in [2.75, 3.05) is 11.9 Å². The van der Waals surface area contributed by atoms with Gasteiger partial charge in [-0.25, -0.2) is 0 Å². The van der Waals surface area contributed by atoms with Gasteiger partial charge in [0.1, 0.15) is 5.75 Å². The first kappa shape index (κ1) is 19.5. The number of hydrogen-bond donors (Lipinski definition) is 2. The first-order valence-electron chi connectivity index (χ1n) is 8.70. The summed E-state index contributed by atoms with van der Waals surface area (Å²) >= 11 is 5.81. The molecule has 0 atom stereocenters. The zero-order valence-corrected chi connectivity index (χ0v) is 15.8. The number of nitrogens with one attached hydrogen (secondary N) is 2. The lowest BCUT2D eigenvalue weighted by Crippen LogP contribution is -2.22. The molecule has 0 radical (unpaired) electrons. The fraction of sp³-hybridized carbons (Fsp3) is 0.0909. The van der Waals surface area contributed by atoms with Crippen molar-refractivity contribution >= 4 is 29.1 Å². The Hall–Kier alpha value is -3.31. The van der Waals surface area contributed by atoms with Gasteiger partial charge in [-0.15, -0.1) is 0 Å². The summed E-state index contributed by atoms with van der Waals surface area (Å²) in [5.74, 6) is 0.0498. The van der Waals surface area contributed by atoms with Crippen LogP contribution in [0.4, 0.5) is 5.69 Å². The summed E-state index contributed by atoms with van der Waals surface area (Å²) in [5, 5.41) is 6.18. The van der Waals surface area contributed by atoms with Crippen molar-refractivity contribution in [3.05, 3.63) is 95.0 Å². The Balaban J connectivity index is 1.46. The summed E-state index contributed by atoms with van der Waals surface area (Å²) in [7, 11) is 0. The minimum absolute atomic E-state index is 0.137. The number of halogens is 1. The van der Waals surface area contributed by atoms with Crippen molar-refractivity contribution < 1.29 is 14.3 Å². The average molecular weight is 395 g/mol. The molecule has 3 rings (SSSR count). The van der Waals surface area contributed by atoms with E-state index in [-0.39, 0.29) is 18.4 Å². The second-order valence-electron chi connectivity index (χ2n) is 6.04. The molecule has 6 heteroatoms. The molecule has 0 unspecified atom stereocenters. The molecule has 0 aliphatic heterocycles. The number of benzene rings is 3. The Morgan fingerprint density at radius 3 is 2.21 bits per heavy atom. The largest absolute Gasteiger partial charge is 0.484 e.